The first-order valence-corrected chi connectivity index (χ1v) is 6.49. The molecule has 0 aliphatic heterocycles. The predicted molar refractivity (Wildman–Crippen MR) is 74.8 cm³/mol. The molecule has 3 aromatic rings. The number of furan rings is 1. The average molecular weight is 268 g/mol. The maximum Gasteiger partial charge on any atom is 0.164 e. The lowest BCUT2D eigenvalue weighted by atomic mass is 10.0. The van der Waals surface area contributed by atoms with Crippen LogP contribution in [-0.2, 0) is 13.6 Å². The summed E-state index contributed by atoms with van der Waals surface area (Å²) in [6, 6.07) is 14.1. The monoisotopic (exact) mass is 268 g/mol. The summed E-state index contributed by atoms with van der Waals surface area (Å²) in [4.78, 5) is 4.22. The summed E-state index contributed by atoms with van der Waals surface area (Å²) < 4.78 is 7.23. The fraction of sp³-hybridized carbons (Fsp3) is 0.200. The first-order chi connectivity index (χ1) is 9.83. The van der Waals surface area contributed by atoms with Gasteiger partial charge in [0.25, 0.3) is 0 Å². The van der Waals surface area contributed by atoms with Crippen molar-refractivity contribution in [1.29, 1.82) is 0 Å². The minimum Gasteiger partial charge on any atom is -0.467 e. The van der Waals surface area contributed by atoms with Gasteiger partial charge in [-0.05, 0) is 17.7 Å². The Kier molecular flexibility index (Phi) is 3.60. The number of nitrogens with zero attached hydrogens (tertiary/aromatic N) is 3. The average Bonchev–Trinajstić information content (AvgIpc) is 3.12. The van der Waals surface area contributed by atoms with Crippen molar-refractivity contribution in [2.75, 3.05) is 0 Å². The minimum atomic E-state index is -0.00462. The molecule has 0 fully saturated rings. The molecule has 5 heteroatoms. The maximum atomic E-state index is 5.54. The van der Waals surface area contributed by atoms with Gasteiger partial charge in [-0.15, -0.1) is 0 Å². The second-order valence-corrected chi connectivity index (χ2v) is 4.57. The summed E-state index contributed by atoms with van der Waals surface area (Å²) in [5.41, 5.74) is 1.15. The highest BCUT2D eigenvalue weighted by atomic mass is 16.3. The lowest BCUT2D eigenvalue weighted by molar-refractivity contribution is 0.442. The van der Waals surface area contributed by atoms with Crippen molar-refractivity contribution in [1.82, 2.24) is 20.1 Å². The fourth-order valence-electron chi connectivity index (χ4n) is 2.14. The first-order valence-electron chi connectivity index (χ1n) is 6.49. The number of hydrogen-bond donors (Lipinski definition) is 1. The Morgan fingerprint density at radius 1 is 1.20 bits per heavy atom. The van der Waals surface area contributed by atoms with E-state index in [1.165, 1.54) is 0 Å². The van der Waals surface area contributed by atoms with E-state index in [-0.39, 0.29) is 6.04 Å². The Morgan fingerprint density at radius 3 is 2.70 bits per heavy atom. The van der Waals surface area contributed by atoms with E-state index >= 15 is 0 Å². The van der Waals surface area contributed by atoms with Crippen molar-refractivity contribution in [2.45, 2.75) is 12.6 Å². The van der Waals surface area contributed by atoms with Crippen molar-refractivity contribution in [3.63, 3.8) is 0 Å². The third kappa shape index (κ3) is 2.78. The largest absolute Gasteiger partial charge is 0.467 e. The summed E-state index contributed by atoms with van der Waals surface area (Å²) in [5, 5.41) is 7.71. The van der Waals surface area contributed by atoms with Crippen LogP contribution in [-0.4, -0.2) is 14.8 Å². The van der Waals surface area contributed by atoms with Gasteiger partial charge in [0.1, 0.15) is 12.1 Å². The zero-order chi connectivity index (χ0) is 13.8. The lowest BCUT2D eigenvalue weighted by Crippen LogP contribution is -2.22. The van der Waals surface area contributed by atoms with Crippen LogP contribution in [0.2, 0.25) is 0 Å². The molecule has 0 aliphatic carbocycles. The van der Waals surface area contributed by atoms with Crippen LogP contribution in [0.15, 0.2) is 59.5 Å². The van der Waals surface area contributed by atoms with E-state index in [2.05, 4.69) is 27.5 Å². The topological polar surface area (TPSA) is 55.9 Å². The van der Waals surface area contributed by atoms with Crippen LogP contribution in [0.4, 0.5) is 0 Å². The molecule has 1 atom stereocenters. The Morgan fingerprint density at radius 2 is 2.05 bits per heavy atom. The molecular weight excluding hydrogens is 252 g/mol. The summed E-state index contributed by atoms with van der Waals surface area (Å²) in [6.07, 6.45) is 3.38. The molecule has 0 aliphatic rings. The Labute approximate surface area is 117 Å². The number of aryl methyl sites for hydroxylation is 1. The maximum absolute atomic E-state index is 5.54. The quantitative estimate of drug-likeness (QED) is 0.771. The molecule has 0 amide bonds. The van der Waals surface area contributed by atoms with E-state index < -0.39 is 0 Å². The van der Waals surface area contributed by atoms with Gasteiger partial charge in [0.2, 0.25) is 0 Å². The van der Waals surface area contributed by atoms with Gasteiger partial charge in [-0.25, -0.2) is 4.98 Å². The molecule has 1 aromatic carbocycles. The van der Waals surface area contributed by atoms with Crippen LogP contribution in [0.3, 0.4) is 0 Å². The Balaban J connectivity index is 1.80. The third-order valence-corrected chi connectivity index (χ3v) is 3.07. The zero-order valence-electron chi connectivity index (χ0n) is 11.2. The smallest absolute Gasteiger partial charge is 0.164 e. The van der Waals surface area contributed by atoms with Crippen LogP contribution in [0.5, 0.6) is 0 Å². The van der Waals surface area contributed by atoms with Crippen molar-refractivity contribution in [2.24, 2.45) is 7.05 Å². The van der Waals surface area contributed by atoms with E-state index in [1.807, 2.05) is 37.4 Å². The standard InChI is InChI=1S/C15H16N4O/c1-19-11-17-14(18-19)10-16-15(13-8-5-9-20-13)12-6-3-2-4-7-12/h2-9,11,15-16H,10H2,1H3. The van der Waals surface area contributed by atoms with Gasteiger partial charge < -0.3 is 4.42 Å². The summed E-state index contributed by atoms with van der Waals surface area (Å²) in [6.45, 7) is 0.584. The SMILES string of the molecule is Cn1cnc(CNC(c2ccccc2)c2ccco2)n1. The molecule has 2 aromatic heterocycles. The van der Waals surface area contributed by atoms with E-state index in [0.29, 0.717) is 6.54 Å². The second-order valence-electron chi connectivity index (χ2n) is 4.57. The van der Waals surface area contributed by atoms with Crippen molar-refractivity contribution >= 4 is 0 Å². The first kappa shape index (κ1) is 12.6. The fourth-order valence-corrected chi connectivity index (χ4v) is 2.14. The van der Waals surface area contributed by atoms with Crippen LogP contribution >= 0.6 is 0 Å². The van der Waals surface area contributed by atoms with Gasteiger partial charge in [-0.1, -0.05) is 30.3 Å². The van der Waals surface area contributed by atoms with Crippen LogP contribution in [0, 0.1) is 0 Å². The van der Waals surface area contributed by atoms with E-state index in [1.54, 1.807) is 17.3 Å². The summed E-state index contributed by atoms with van der Waals surface area (Å²) in [7, 11) is 1.86. The highest BCUT2D eigenvalue weighted by Crippen LogP contribution is 2.22. The molecule has 0 bridgehead atoms. The van der Waals surface area contributed by atoms with Gasteiger partial charge in [-0.3, -0.25) is 10.00 Å². The number of hydrogen-bond acceptors (Lipinski definition) is 4. The normalized spacial score (nSPS) is 12.4. The Hall–Kier alpha value is -2.40. The van der Waals surface area contributed by atoms with Gasteiger partial charge in [0.15, 0.2) is 5.82 Å². The van der Waals surface area contributed by atoms with Gasteiger partial charge >= 0.3 is 0 Å². The van der Waals surface area contributed by atoms with E-state index in [9.17, 15) is 0 Å². The van der Waals surface area contributed by atoms with Crippen LogP contribution in [0.25, 0.3) is 0 Å². The number of benzene rings is 1. The van der Waals surface area contributed by atoms with E-state index in [0.717, 1.165) is 17.1 Å². The van der Waals surface area contributed by atoms with E-state index in [4.69, 9.17) is 4.42 Å². The third-order valence-electron chi connectivity index (χ3n) is 3.07. The van der Waals surface area contributed by atoms with Crippen molar-refractivity contribution < 1.29 is 4.42 Å². The zero-order valence-corrected chi connectivity index (χ0v) is 11.2. The van der Waals surface area contributed by atoms with Crippen molar-refractivity contribution in [3.05, 3.63) is 72.2 Å². The molecule has 5 nitrogen and oxygen atoms in total. The summed E-state index contributed by atoms with van der Waals surface area (Å²) in [5.74, 6) is 1.65. The molecule has 3 rings (SSSR count). The molecule has 1 unspecified atom stereocenters. The molecule has 0 saturated carbocycles. The van der Waals surface area contributed by atoms with Crippen LogP contribution < -0.4 is 5.32 Å². The molecule has 0 saturated heterocycles. The molecule has 20 heavy (non-hydrogen) atoms. The second kappa shape index (κ2) is 5.71. The van der Waals surface area contributed by atoms with Crippen molar-refractivity contribution in [3.8, 4) is 0 Å². The van der Waals surface area contributed by atoms with Crippen LogP contribution in [0.1, 0.15) is 23.2 Å². The molecule has 102 valence electrons. The molecule has 0 spiro atoms. The van der Waals surface area contributed by atoms with Gasteiger partial charge in [0.05, 0.1) is 18.8 Å². The molecule has 1 N–H and O–H groups in total. The summed E-state index contributed by atoms with van der Waals surface area (Å²) >= 11 is 0. The van der Waals surface area contributed by atoms with Gasteiger partial charge in [-0.2, -0.15) is 5.10 Å². The number of nitrogens with one attached hydrogen (secondary N) is 1. The highest BCUT2D eigenvalue weighted by Gasteiger charge is 2.16. The predicted octanol–water partition coefficient (Wildman–Crippen LogP) is 2.29. The lowest BCUT2D eigenvalue weighted by Gasteiger charge is -2.16. The minimum absolute atomic E-state index is 0.00462. The molecule has 0 radical (unpaired) electrons. The number of aromatic nitrogens is 3. The van der Waals surface area contributed by atoms with Gasteiger partial charge in [0, 0.05) is 7.05 Å². The number of rotatable bonds is 5. The molecular formula is C15H16N4O. The molecule has 2 heterocycles. The Bertz CT molecular complexity index is 646. The highest BCUT2D eigenvalue weighted by molar-refractivity contribution is 5.26.